The van der Waals surface area contributed by atoms with Gasteiger partial charge in [-0.05, 0) is 25.7 Å². The standard InChI is InChI=1S/C10H13N3S2/c1-7-4-14-9(13-7)15-6-10(12,5-11)8-2-3-8/h4,8H,2-3,6,12H2,1H3. The number of thiazole rings is 1. The smallest absolute Gasteiger partial charge is 0.150 e. The third-order valence-electron chi connectivity index (χ3n) is 2.55. The fourth-order valence-corrected chi connectivity index (χ4v) is 3.40. The molecule has 0 amide bonds. The van der Waals surface area contributed by atoms with Crippen molar-refractivity contribution in [3.8, 4) is 6.07 Å². The summed E-state index contributed by atoms with van der Waals surface area (Å²) >= 11 is 3.22. The molecular weight excluding hydrogens is 226 g/mol. The molecule has 0 aliphatic heterocycles. The molecule has 1 heterocycles. The van der Waals surface area contributed by atoms with E-state index in [4.69, 9.17) is 11.0 Å². The number of aromatic nitrogens is 1. The molecule has 3 nitrogen and oxygen atoms in total. The summed E-state index contributed by atoms with van der Waals surface area (Å²) in [5.41, 5.74) is 6.44. The minimum atomic E-state index is -0.649. The van der Waals surface area contributed by atoms with Crippen LogP contribution in [0.2, 0.25) is 0 Å². The SMILES string of the molecule is Cc1csc(SCC(N)(C#N)C2CC2)n1. The van der Waals surface area contributed by atoms with Gasteiger partial charge in [-0.2, -0.15) is 5.26 Å². The second-order valence-electron chi connectivity index (χ2n) is 3.97. The third kappa shape index (κ3) is 2.51. The van der Waals surface area contributed by atoms with E-state index in [1.54, 1.807) is 23.1 Å². The Morgan fingerprint density at radius 1 is 1.80 bits per heavy atom. The Morgan fingerprint density at radius 2 is 2.53 bits per heavy atom. The molecule has 80 valence electrons. The lowest BCUT2D eigenvalue weighted by atomic mass is 10.00. The number of thioether (sulfide) groups is 1. The first kappa shape index (κ1) is 10.9. The zero-order valence-electron chi connectivity index (χ0n) is 8.56. The van der Waals surface area contributed by atoms with Crippen LogP contribution in [0.3, 0.4) is 0 Å². The second kappa shape index (κ2) is 4.12. The lowest BCUT2D eigenvalue weighted by Gasteiger charge is -2.19. The maximum absolute atomic E-state index is 9.07. The average Bonchev–Trinajstić information content (AvgIpc) is 3.00. The van der Waals surface area contributed by atoms with Crippen molar-refractivity contribution in [1.82, 2.24) is 4.98 Å². The molecule has 0 radical (unpaired) electrons. The number of hydrogen-bond acceptors (Lipinski definition) is 5. The van der Waals surface area contributed by atoms with E-state index in [2.05, 4.69) is 11.1 Å². The van der Waals surface area contributed by atoms with Gasteiger partial charge in [-0.15, -0.1) is 11.3 Å². The minimum Gasteiger partial charge on any atom is -0.312 e. The Balaban J connectivity index is 1.94. The molecular formula is C10H13N3S2. The molecule has 1 aromatic heterocycles. The first-order valence-corrected chi connectivity index (χ1v) is 6.75. The number of hydrogen-bond donors (Lipinski definition) is 1. The van der Waals surface area contributed by atoms with Crippen LogP contribution >= 0.6 is 23.1 Å². The molecule has 1 aliphatic carbocycles. The van der Waals surface area contributed by atoms with E-state index >= 15 is 0 Å². The van der Waals surface area contributed by atoms with Crippen molar-refractivity contribution in [3.05, 3.63) is 11.1 Å². The summed E-state index contributed by atoms with van der Waals surface area (Å²) in [6, 6.07) is 2.25. The molecule has 5 heteroatoms. The fourth-order valence-electron chi connectivity index (χ4n) is 1.42. The van der Waals surface area contributed by atoms with Gasteiger partial charge in [0.15, 0.2) is 0 Å². The van der Waals surface area contributed by atoms with Gasteiger partial charge in [0.1, 0.15) is 9.88 Å². The van der Waals surface area contributed by atoms with Gasteiger partial charge in [-0.1, -0.05) is 11.8 Å². The zero-order chi connectivity index (χ0) is 10.9. The molecule has 2 N–H and O–H groups in total. The number of nitriles is 1. The van der Waals surface area contributed by atoms with Crippen LogP contribution in [0.25, 0.3) is 0 Å². The van der Waals surface area contributed by atoms with Crippen molar-refractivity contribution < 1.29 is 0 Å². The summed E-state index contributed by atoms with van der Waals surface area (Å²) in [6.45, 7) is 1.97. The van der Waals surface area contributed by atoms with E-state index in [9.17, 15) is 0 Å². The van der Waals surface area contributed by atoms with Gasteiger partial charge < -0.3 is 5.73 Å². The molecule has 0 spiro atoms. The molecule has 1 aromatic rings. The van der Waals surface area contributed by atoms with Crippen LogP contribution in [-0.4, -0.2) is 16.3 Å². The first-order chi connectivity index (χ1) is 7.14. The van der Waals surface area contributed by atoms with Crippen LogP contribution in [-0.2, 0) is 0 Å². The van der Waals surface area contributed by atoms with Gasteiger partial charge >= 0.3 is 0 Å². The summed E-state index contributed by atoms with van der Waals surface area (Å²) in [4.78, 5) is 4.34. The molecule has 0 aromatic carbocycles. The summed E-state index contributed by atoms with van der Waals surface area (Å²) in [5, 5.41) is 11.1. The summed E-state index contributed by atoms with van der Waals surface area (Å²) < 4.78 is 1.01. The molecule has 2 rings (SSSR count). The van der Waals surface area contributed by atoms with Crippen LogP contribution in [0.15, 0.2) is 9.72 Å². The van der Waals surface area contributed by atoms with Crippen LogP contribution in [0, 0.1) is 24.2 Å². The van der Waals surface area contributed by atoms with E-state index in [1.165, 1.54) is 0 Å². The zero-order valence-corrected chi connectivity index (χ0v) is 10.2. The highest BCUT2D eigenvalue weighted by Crippen LogP contribution is 2.40. The largest absolute Gasteiger partial charge is 0.312 e. The lowest BCUT2D eigenvalue weighted by molar-refractivity contribution is 0.532. The highest BCUT2D eigenvalue weighted by Gasteiger charge is 2.42. The molecule has 1 fully saturated rings. The maximum Gasteiger partial charge on any atom is 0.150 e. The van der Waals surface area contributed by atoms with Gasteiger partial charge in [0.2, 0.25) is 0 Å². The van der Waals surface area contributed by atoms with Crippen LogP contribution in [0.5, 0.6) is 0 Å². The van der Waals surface area contributed by atoms with Crippen molar-refractivity contribution in [3.63, 3.8) is 0 Å². The molecule has 15 heavy (non-hydrogen) atoms. The predicted octanol–water partition coefficient (Wildman–Crippen LogP) is 2.17. The molecule has 1 saturated carbocycles. The highest BCUT2D eigenvalue weighted by molar-refractivity contribution is 8.01. The lowest BCUT2D eigenvalue weighted by Crippen LogP contribution is -2.43. The molecule has 1 unspecified atom stereocenters. The fraction of sp³-hybridized carbons (Fsp3) is 0.600. The average molecular weight is 239 g/mol. The van der Waals surface area contributed by atoms with Gasteiger partial charge in [-0.3, -0.25) is 0 Å². The Labute approximate surface area is 97.7 Å². The van der Waals surface area contributed by atoms with Crippen LogP contribution < -0.4 is 5.73 Å². The maximum atomic E-state index is 9.07. The second-order valence-corrected chi connectivity index (χ2v) is 6.05. The normalized spacial score (nSPS) is 19.5. The number of rotatable bonds is 4. The van der Waals surface area contributed by atoms with Gasteiger partial charge in [0.25, 0.3) is 0 Å². The molecule has 1 aliphatic rings. The Morgan fingerprint density at radius 3 is 3.00 bits per heavy atom. The van der Waals surface area contributed by atoms with Gasteiger partial charge in [0, 0.05) is 16.8 Å². The van der Waals surface area contributed by atoms with Gasteiger partial charge in [0.05, 0.1) is 6.07 Å². The van der Waals surface area contributed by atoms with E-state index in [0.29, 0.717) is 11.7 Å². The van der Waals surface area contributed by atoms with Crippen molar-refractivity contribution in [2.45, 2.75) is 29.6 Å². The Kier molecular flexibility index (Phi) is 3.01. The Bertz CT molecular complexity index is 392. The molecule has 0 saturated heterocycles. The molecule has 0 bridgehead atoms. The van der Waals surface area contributed by atoms with Crippen molar-refractivity contribution >= 4 is 23.1 Å². The van der Waals surface area contributed by atoms with Crippen LogP contribution in [0.4, 0.5) is 0 Å². The molecule has 1 atom stereocenters. The van der Waals surface area contributed by atoms with Gasteiger partial charge in [-0.25, -0.2) is 4.98 Å². The van der Waals surface area contributed by atoms with Crippen LogP contribution in [0.1, 0.15) is 18.5 Å². The number of nitrogens with zero attached hydrogens (tertiary/aromatic N) is 2. The minimum absolute atomic E-state index is 0.399. The summed E-state index contributed by atoms with van der Waals surface area (Å²) in [6.07, 6.45) is 2.20. The third-order valence-corrected chi connectivity index (χ3v) is 4.90. The van der Waals surface area contributed by atoms with E-state index in [-0.39, 0.29) is 0 Å². The highest BCUT2D eigenvalue weighted by atomic mass is 32.2. The van der Waals surface area contributed by atoms with E-state index in [0.717, 1.165) is 22.9 Å². The van der Waals surface area contributed by atoms with E-state index in [1.807, 2.05) is 12.3 Å². The van der Waals surface area contributed by atoms with Crippen molar-refractivity contribution in [2.75, 3.05) is 5.75 Å². The van der Waals surface area contributed by atoms with Crippen molar-refractivity contribution in [1.29, 1.82) is 5.26 Å². The number of aryl methyl sites for hydroxylation is 1. The topological polar surface area (TPSA) is 62.7 Å². The monoisotopic (exact) mass is 239 g/mol. The predicted molar refractivity (Wildman–Crippen MR) is 62.8 cm³/mol. The first-order valence-electron chi connectivity index (χ1n) is 4.89. The van der Waals surface area contributed by atoms with Crippen molar-refractivity contribution in [2.24, 2.45) is 11.7 Å². The quantitative estimate of drug-likeness (QED) is 0.818. The summed E-state index contributed by atoms with van der Waals surface area (Å²) in [7, 11) is 0. The van der Waals surface area contributed by atoms with E-state index < -0.39 is 5.54 Å². The summed E-state index contributed by atoms with van der Waals surface area (Å²) in [5.74, 6) is 1.05. The number of nitrogens with two attached hydrogens (primary N) is 1. The Hall–Kier alpha value is -0.570.